The normalized spacial score (nSPS) is 12.5. The maximum atomic E-state index is 4.32. The summed E-state index contributed by atoms with van der Waals surface area (Å²) >= 11 is 1.70. The molecule has 1 aromatic carbocycles. The van der Waals surface area contributed by atoms with E-state index in [9.17, 15) is 0 Å². The first-order valence-corrected chi connectivity index (χ1v) is 7.85. The van der Waals surface area contributed by atoms with Crippen LogP contribution in [-0.4, -0.2) is 14.8 Å². The van der Waals surface area contributed by atoms with Gasteiger partial charge >= 0.3 is 0 Å². The molecule has 108 valence electrons. The molecule has 0 aliphatic carbocycles. The molecule has 0 spiro atoms. The lowest BCUT2D eigenvalue weighted by molar-refractivity contribution is 0.577. The van der Waals surface area contributed by atoms with Crippen molar-refractivity contribution in [2.24, 2.45) is 0 Å². The minimum absolute atomic E-state index is 0.295. The standard InChI is InChI=1S/C16H18N4S/c1-12(16-13(2)18-11-21-16)17-10-14-6-3-4-7-15(14)20-9-5-8-19-20/h3-9,11-12,17H,10H2,1-2H3. The molecular weight excluding hydrogens is 280 g/mol. The number of nitrogens with zero attached hydrogens (tertiary/aromatic N) is 3. The molecule has 0 radical (unpaired) electrons. The summed E-state index contributed by atoms with van der Waals surface area (Å²) in [6, 6.07) is 10.6. The molecule has 0 saturated carbocycles. The van der Waals surface area contributed by atoms with Gasteiger partial charge in [0.1, 0.15) is 0 Å². The van der Waals surface area contributed by atoms with Gasteiger partial charge in [-0.3, -0.25) is 0 Å². The highest BCUT2D eigenvalue weighted by molar-refractivity contribution is 7.09. The van der Waals surface area contributed by atoms with Crippen LogP contribution in [0.3, 0.4) is 0 Å². The van der Waals surface area contributed by atoms with Crippen LogP contribution in [-0.2, 0) is 6.54 Å². The van der Waals surface area contributed by atoms with Crippen LogP contribution in [0.1, 0.15) is 29.1 Å². The number of aryl methyl sites for hydroxylation is 1. The molecule has 0 fully saturated rings. The number of benzene rings is 1. The molecule has 0 saturated heterocycles. The smallest absolute Gasteiger partial charge is 0.0798 e. The number of para-hydroxylation sites is 1. The van der Waals surface area contributed by atoms with Crippen molar-refractivity contribution in [1.82, 2.24) is 20.1 Å². The molecule has 0 aliphatic rings. The fourth-order valence-electron chi connectivity index (χ4n) is 2.38. The van der Waals surface area contributed by atoms with Crippen molar-refractivity contribution in [1.29, 1.82) is 0 Å². The van der Waals surface area contributed by atoms with Gasteiger partial charge < -0.3 is 5.32 Å². The van der Waals surface area contributed by atoms with Crippen molar-refractivity contribution in [3.63, 3.8) is 0 Å². The zero-order valence-corrected chi connectivity index (χ0v) is 13.0. The van der Waals surface area contributed by atoms with Crippen molar-refractivity contribution in [3.05, 3.63) is 64.4 Å². The van der Waals surface area contributed by atoms with E-state index in [1.807, 2.05) is 28.5 Å². The second kappa shape index (κ2) is 6.20. The van der Waals surface area contributed by atoms with Gasteiger partial charge in [-0.1, -0.05) is 18.2 Å². The predicted octanol–water partition coefficient (Wildman–Crippen LogP) is 3.49. The van der Waals surface area contributed by atoms with Gasteiger partial charge in [0, 0.05) is 29.9 Å². The van der Waals surface area contributed by atoms with Crippen LogP contribution in [0, 0.1) is 6.92 Å². The molecule has 0 aliphatic heterocycles. The molecule has 1 unspecified atom stereocenters. The van der Waals surface area contributed by atoms with Crippen LogP contribution < -0.4 is 5.32 Å². The van der Waals surface area contributed by atoms with Gasteiger partial charge in [-0.2, -0.15) is 5.10 Å². The largest absolute Gasteiger partial charge is 0.305 e. The van der Waals surface area contributed by atoms with E-state index >= 15 is 0 Å². The van der Waals surface area contributed by atoms with Crippen LogP contribution in [0.5, 0.6) is 0 Å². The Balaban J connectivity index is 1.76. The first kappa shape index (κ1) is 14.0. The highest BCUT2D eigenvalue weighted by atomic mass is 32.1. The topological polar surface area (TPSA) is 42.7 Å². The van der Waals surface area contributed by atoms with Gasteiger partial charge in [0.25, 0.3) is 0 Å². The van der Waals surface area contributed by atoms with Crippen LogP contribution in [0.15, 0.2) is 48.2 Å². The summed E-state index contributed by atoms with van der Waals surface area (Å²) in [4.78, 5) is 5.61. The van der Waals surface area contributed by atoms with Crippen LogP contribution in [0.25, 0.3) is 5.69 Å². The molecule has 2 aromatic heterocycles. The van der Waals surface area contributed by atoms with Crippen LogP contribution in [0.2, 0.25) is 0 Å². The minimum atomic E-state index is 0.295. The molecular formula is C16H18N4S. The highest BCUT2D eigenvalue weighted by Gasteiger charge is 2.11. The Morgan fingerprint density at radius 3 is 2.86 bits per heavy atom. The van der Waals surface area contributed by atoms with E-state index in [4.69, 9.17) is 0 Å². The lowest BCUT2D eigenvalue weighted by Gasteiger charge is -2.15. The van der Waals surface area contributed by atoms with E-state index in [2.05, 4.69) is 47.4 Å². The molecule has 3 rings (SSSR count). The van der Waals surface area contributed by atoms with E-state index in [1.165, 1.54) is 10.4 Å². The third-order valence-electron chi connectivity index (χ3n) is 3.52. The fourth-order valence-corrected chi connectivity index (χ4v) is 3.21. The van der Waals surface area contributed by atoms with Crippen molar-refractivity contribution < 1.29 is 0 Å². The number of thiazole rings is 1. The van der Waals surface area contributed by atoms with E-state index in [0.717, 1.165) is 17.9 Å². The number of hydrogen-bond donors (Lipinski definition) is 1. The Labute approximate surface area is 128 Å². The summed E-state index contributed by atoms with van der Waals surface area (Å²) in [5.41, 5.74) is 5.36. The van der Waals surface area contributed by atoms with Gasteiger partial charge in [0.05, 0.1) is 16.9 Å². The summed E-state index contributed by atoms with van der Waals surface area (Å²) < 4.78 is 1.90. The Bertz CT molecular complexity index is 703. The molecule has 0 bridgehead atoms. The zero-order chi connectivity index (χ0) is 14.7. The maximum Gasteiger partial charge on any atom is 0.0798 e. The third-order valence-corrected chi connectivity index (χ3v) is 4.63. The number of hydrogen-bond acceptors (Lipinski definition) is 4. The summed E-state index contributed by atoms with van der Waals surface area (Å²) in [6.07, 6.45) is 3.77. The zero-order valence-electron chi connectivity index (χ0n) is 12.2. The number of rotatable bonds is 5. The Morgan fingerprint density at radius 2 is 2.14 bits per heavy atom. The minimum Gasteiger partial charge on any atom is -0.305 e. The van der Waals surface area contributed by atoms with E-state index in [0.29, 0.717) is 6.04 Å². The monoisotopic (exact) mass is 298 g/mol. The second-order valence-electron chi connectivity index (χ2n) is 4.98. The summed E-state index contributed by atoms with van der Waals surface area (Å²) in [6.45, 7) is 5.03. The molecule has 2 heterocycles. The highest BCUT2D eigenvalue weighted by Crippen LogP contribution is 2.22. The quantitative estimate of drug-likeness (QED) is 0.784. The van der Waals surface area contributed by atoms with Gasteiger partial charge in [0.15, 0.2) is 0 Å². The number of nitrogens with one attached hydrogen (secondary N) is 1. The van der Waals surface area contributed by atoms with Crippen molar-refractivity contribution in [3.8, 4) is 5.69 Å². The van der Waals surface area contributed by atoms with E-state index < -0.39 is 0 Å². The average Bonchev–Trinajstić information content (AvgIpc) is 3.16. The van der Waals surface area contributed by atoms with Crippen molar-refractivity contribution in [2.75, 3.05) is 0 Å². The maximum absolute atomic E-state index is 4.32. The van der Waals surface area contributed by atoms with Crippen molar-refractivity contribution in [2.45, 2.75) is 26.4 Å². The van der Waals surface area contributed by atoms with E-state index in [1.54, 1.807) is 17.5 Å². The average molecular weight is 298 g/mol. The van der Waals surface area contributed by atoms with Gasteiger partial charge in [0.2, 0.25) is 0 Å². The van der Waals surface area contributed by atoms with Gasteiger partial charge in [-0.05, 0) is 31.5 Å². The molecule has 1 atom stereocenters. The third kappa shape index (κ3) is 3.04. The first-order valence-electron chi connectivity index (χ1n) is 6.97. The van der Waals surface area contributed by atoms with Crippen LogP contribution >= 0.6 is 11.3 Å². The molecule has 0 amide bonds. The molecule has 1 N–H and O–H groups in total. The van der Waals surface area contributed by atoms with Crippen molar-refractivity contribution >= 4 is 11.3 Å². The van der Waals surface area contributed by atoms with Gasteiger partial charge in [-0.15, -0.1) is 11.3 Å². The SMILES string of the molecule is Cc1ncsc1C(C)NCc1ccccc1-n1cccn1. The second-order valence-corrected chi connectivity index (χ2v) is 5.87. The lowest BCUT2D eigenvalue weighted by Crippen LogP contribution is -2.19. The summed E-state index contributed by atoms with van der Waals surface area (Å²) in [7, 11) is 0. The fraction of sp³-hybridized carbons (Fsp3) is 0.250. The Morgan fingerprint density at radius 1 is 1.29 bits per heavy atom. The predicted molar refractivity (Wildman–Crippen MR) is 85.7 cm³/mol. The molecule has 21 heavy (non-hydrogen) atoms. The van der Waals surface area contributed by atoms with Gasteiger partial charge in [-0.25, -0.2) is 9.67 Å². The molecule has 4 nitrogen and oxygen atoms in total. The molecule has 3 aromatic rings. The van der Waals surface area contributed by atoms with Crippen LogP contribution in [0.4, 0.5) is 0 Å². The molecule has 5 heteroatoms. The summed E-state index contributed by atoms with van der Waals surface area (Å²) in [5.74, 6) is 0. The van der Waals surface area contributed by atoms with E-state index in [-0.39, 0.29) is 0 Å². The Kier molecular flexibility index (Phi) is 4.13. The first-order chi connectivity index (χ1) is 10.3. The Hall–Kier alpha value is -1.98. The lowest BCUT2D eigenvalue weighted by atomic mass is 10.1. The summed E-state index contributed by atoms with van der Waals surface area (Å²) in [5, 5.41) is 7.89. The number of aromatic nitrogens is 3.